The molecule has 0 aliphatic carbocycles. The Morgan fingerprint density at radius 1 is 1.14 bits per heavy atom. The maximum atomic E-state index is 12.9. The van der Waals surface area contributed by atoms with Crippen LogP contribution in [0.4, 0.5) is 5.69 Å². The Balaban J connectivity index is 1.45. The highest BCUT2D eigenvalue weighted by Gasteiger charge is 2.27. The molecule has 0 bridgehead atoms. The van der Waals surface area contributed by atoms with Crippen molar-refractivity contribution in [3.63, 3.8) is 0 Å². The van der Waals surface area contributed by atoms with Crippen molar-refractivity contribution in [2.24, 2.45) is 13.0 Å². The summed E-state index contributed by atoms with van der Waals surface area (Å²) in [6.07, 6.45) is 1.98. The van der Waals surface area contributed by atoms with Gasteiger partial charge >= 0.3 is 0 Å². The number of hydrogen-bond acceptors (Lipinski definition) is 3. The average Bonchev–Trinajstić information content (AvgIpc) is 3.01. The van der Waals surface area contributed by atoms with Gasteiger partial charge in [0.25, 0.3) is 0 Å². The van der Waals surface area contributed by atoms with Crippen molar-refractivity contribution in [3.05, 3.63) is 59.4 Å². The molecule has 1 fully saturated rings. The molecule has 1 amide bonds. The first-order valence-corrected chi connectivity index (χ1v) is 10.0. The smallest absolute Gasteiger partial charge is 0.228 e. The van der Waals surface area contributed by atoms with Gasteiger partial charge in [0.1, 0.15) is 5.82 Å². The molecule has 1 aromatic heterocycles. The van der Waals surface area contributed by atoms with Crippen LogP contribution in [-0.2, 0) is 18.4 Å². The number of piperidine rings is 1. The largest absolute Gasteiger partial charge is 0.330 e. The summed E-state index contributed by atoms with van der Waals surface area (Å²) in [7, 11) is 2.07. The summed E-state index contributed by atoms with van der Waals surface area (Å²) in [6.45, 7) is 6.65. The molecule has 1 atom stereocenters. The lowest BCUT2D eigenvalue weighted by Crippen LogP contribution is -2.40. The molecule has 0 radical (unpaired) electrons. The number of fused-ring (bicyclic) bond motifs is 1. The second kappa shape index (κ2) is 7.76. The number of imidazole rings is 1. The van der Waals surface area contributed by atoms with E-state index in [1.54, 1.807) is 0 Å². The van der Waals surface area contributed by atoms with Crippen molar-refractivity contribution in [3.8, 4) is 0 Å². The summed E-state index contributed by atoms with van der Waals surface area (Å²) in [4.78, 5) is 20.1. The molecular weight excluding hydrogens is 348 g/mol. The number of nitrogens with zero attached hydrogens (tertiary/aromatic N) is 3. The number of likely N-dealkylation sites (tertiary alicyclic amines) is 1. The number of carbonyl (C=O) groups excluding carboxylic acids is 1. The maximum absolute atomic E-state index is 12.9. The van der Waals surface area contributed by atoms with Crippen LogP contribution in [0.25, 0.3) is 11.0 Å². The third-order valence-corrected chi connectivity index (χ3v) is 5.85. The van der Waals surface area contributed by atoms with E-state index in [1.807, 2.05) is 44.2 Å². The van der Waals surface area contributed by atoms with Crippen LogP contribution in [0.2, 0.25) is 0 Å². The number of amides is 1. The summed E-state index contributed by atoms with van der Waals surface area (Å²) in [5.41, 5.74) is 5.36. The topological polar surface area (TPSA) is 50.2 Å². The van der Waals surface area contributed by atoms with Gasteiger partial charge in [-0.05, 0) is 56.5 Å². The normalized spacial score (nSPS) is 17.8. The standard InChI is InChI=1S/C23H28N4O/c1-16-8-6-9-17(2)22(16)25-23(28)18-10-7-13-27(14-18)15-21-24-19-11-4-5-12-20(19)26(21)3/h4-6,8-9,11-12,18H,7,10,13-15H2,1-3H3,(H,25,28)/t18-/m0/s1. The number of aromatic nitrogens is 2. The lowest BCUT2D eigenvalue weighted by Gasteiger charge is -2.32. The van der Waals surface area contributed by atoms with Gasteiger partial charge in [-0.3, -0.25) is 9.69 Å². The predicted molar refractivity (Wildman–Crippen MR) is 113 cm³/mol. The van der Waals surface area contributed by atoms with E-state index in [0.717, 1.165) is 66.1 Å². The molecule has 0 unspecified atom stereocenters. The molecule has 1 saturated heterocycles. The first-order valence-electron chi connectivity index (χ1n) is 10.0. The van der Waals surface area contributed by atoms with E-state index < -0.39 is 0 Å². The number of benzene rings is 2. The van der Waals surface area contributed by atoms with Crippen LogP contribution in [0.5, 0.6) is 0 Å². The second-order valence-electron chi connectivity index (χ2n) is 7.91. The summed E-state index contributed by atoms with van der Waals surface area (Å²) in [5.74, 6) is 1.20. The lowest BCUT2D eigenvalue weighted by atomic mass is 9.96. The number of hydrogen-bond donors (Lipinski definition) is 1. The second-order valence-corrected chi connectivity index (χ2v) is 7.91. The zero-order chi connectivity index (χ0) is 19.7. The molecule has 3 aromatic rings. The van der Waals surface area contributed by atoms with Crippen LogP contribution >= 0.6 is 0 Å². The van der Waals surface area contributed by atoms with E-state index in [9.17, 15) is 4.79 Å². The molecule has 5 nitrogen and oxygen atoms in total. The fourth-order valence-electron chi connectivity index (χ4n) is 4.19. The SMILES string of the molecule is Cc1cccc(C)c1NC(=O)[C@H]1CCCN(Cc2nc3ccccc3n2C)C1. The zero-order valence-corrected chi connectivity index (χ0v) is 16.9. The summed E-state index contributed by atoms with van der Waals surface area (Å²) in [6, 6.07) is 14.3. The van der Waals surface area contributed by atoms with Gasteiger partial charge in [-0.15, -0.1) is 0 Å². The van der Waals surface area contributed by atoms with Crippen molar-refractivity contribution in [2.45, 2.75) is 33.2 Å². The van der Waals surface area contributed by atoms with E-state index in [-0.39, 0.29) is 11.8 Å². The molecule has 4 rings (SSSR count). The molecule has 0 saturated carbocycles. The molecule has 2 aromatic carbocycles. The van der Waals surface area contributed by atoms with Crippen molar-refractivity contribution < 1.29 is 4.79 Å². The molecule has 1 N–H and O–H groups in total. The predicted octanol–water partition coefficient (Wildman–Crippen LogP) is 4.04. The third kappa shape index (κ3) is 3.67. The molecule has 28 heavy (non-hydrogen) atoms. The average molecular weight is 377 g/mol. The highest BCUT2D eigenvalue weighted by Crippen LogP contribution is 2.24. The van der Waals surface area contributed by atoms with Gasteiger partial charge < -0.3 is 9.88 Å². The Kier molecular flexibility index (Phi) is 5.18. The fourth-order valence-corrected chi connectivity index (χ4v) is 4.19. The number of aryl methyl sites for hydroxylation is 3. The summed E-state index contributed by atoms with van der Waals surface area (Å²) < 4.78 is 2.16. The Morgan fingerprint density at radius 3 is 2.64 bits per heavy atom. The van der Waals surface area contributed by atoms with E-state index >= 15 is 0 Å². The highest BCUT2D eigenvalue weighted by molar-refractivity contribution is 5.94. The Morgan fingerprint density at radius 2 is 1.89 bits per heavy atom. The van der Waals surface area contributed by atoms with E-state index in [2.05, 4.69) is 34.0 Å². The van der Waals surface area contributed by atoms with Gasteiger partial charge in [-0.1, -0.05) is 30.3 Å². The monoisotopic (exact) mass is 376 g/mol. The summed E-state index contributed by atoms with van der Waals surface area (Å²) in [5, 5.41) is 3.18. The number of rotatable bonds is 4. The van der Waals surface area contributed by atoms with Crippen LogP contribution in [0.1, 0.15) is 29.8 Å². The third-order valence-electron chi connectivity index (χ3n) is 5.85. The number of anilines is 1. The maximum Gasteiger partial charge on any atom is 0.228 e. The van der Waals surface area contributed by atoms with Gasteiger partial charge in [-0.2, -0.15) is 0 Å². The quantitative estimate of drug-likeness (QED) is 0.748. The van der Waals surface area contributed by atoms with Gasteiger partial charge in [0.05, 0.1) is 23.5 Å². The van der Waals surface area contributed by atoms with Crippen LogP contribution in [0, 0.1) is 19.8 Å². The molecule has 1 aliphatic heterocycles. The van der Waals surface area contributed by atoms with Crippen molar-refractivity contribution >= 4 is 22.6 Å². The van der Waals surface area contributed by atoms with Crippen molar-refractivity contribution in [2.75, 3.05) is 18.4 Å². The van der Waals surface area contributed by atoms with Crippen LogP contribution < -0.4 is 5.32 Å². The first-order chi connectivity index (χ1) is 13.5. The van der Waals surface area contributed by atoms with Gasteiger partial charge in [0.15, 0.2) is 0 Å². The molecule has 1 aliphatic rings. The minimum absolute atomic E-state index is 0.0161. The van der Waals surface area contributed by atoms with Crippen molar-refractivity contribution in [1.29, 1.82) is 0 Å². The first kappa shape index (κ1) is 18.7. The van der Waals surface area contributed by atoms with E-state index in [0.29, 0.717) is 0 Å². The Bertz CT molecular complexity index is 987. The lowest BCUT2D eigenvalue weighted by molar-refractivity contribution is -0.121. The molecule has 5 heteroatoms. The Hall–Kier alpha value is -2.66. The number of nitrogens with one attached hydrogen (secondary N) is 1. The van der Waals surface area contributed by atoms with Crippen molar-refractivity contribution in [1.82, 2.24) is 14.5 Å². The van der Waals surface area contributed by atoms with Crippen LogP contribution in [-0.4, -0.2) is 33.4 Å². The highest BCUT2D eigenvalue weighted by atomic mass is 16.1. The molecular formula is C23H28N4O. The Labute approximate surface area is 166 Å². The van der Waals surface area contributed by atoms with Crippen LogP contribution in [0.3, 0.4) is 0 Å². The van der Waals surface area contributed by atoms with Crippen LogP contribution in [0.15, 0.2) is 42.5 Å². The molecule has 0 spiro atoms. The minimum atomic E-state index is 0.0161. The van der Waals surface area contributed by atoms with Gasteiger partial charge in [-0.25, -0.2) is 4.98 Å². The molecule has 2 heterocycles. The summed E-state index contributed by atoms with van der Waals surface area (Å²) >= 11 is 0. The van der Waals surface area contributed by atoms with Gasteiger partial charge in [0.2, 0.25) is 5.91 Å². The van der Waals surface area contributed by atoms with E-state index in [4.69, 9.17) is 4.98 Å². The zero-order valence-electron chi connectivity index (χ0n) is 16.9. The minimum Gasteiger partial charge on any atom is -0.330 e. The molecule has 146 valence electrons. The van der Waals surface area contributed by atoms with Gasteiger partial charge in [0, 0.05) is 19.3 Å². The number of carbonyl (C=O) groups is 1. The van der Waals surface area contributed by atoms with E-state index in [1.165, 1.54) is 0 Å². The fraction of sp³-hybridized carbons (Fsp3) is 0.391. The number of para-hydroxylation sites is 3.